The largest absolute Gasteiger partial charge is 0.484 e. The molecule has 6 heteroatoms. The van der Waals surface area contributed by atoms with E-state index in [1.807, 2.05) is 24.3 Å². The summed E-state index contributed by atoms with van der Waals surface area (Å²) in [5.41, 5.74) is 6.26. The zero-order valence-corrected chi connectivity index (χ0v) is 15.3. The van der Waals surface area contributed by atoms with E-state index in [9.17, 15) is 4.79 Å². The van der Waals surface area contributed by atoms with Crippen molar-refractivity contribution in [2.24, 2.45) is 16.6 Å². The van der Waals surface area contributed by atoms with Crippen LogP contribution < -0.4 is 15.8 Å². The Kier molecular flexibility index (Phi) is 7.57. The zero-order chi connectivity index (χ0) is 18.1. The van der Waals surface area contributed by atoms with Crippen molar-refractivity contribution in [3.05, 3.63) is 29.8 Å². The second-order valence-electron chi connectivity index (χ2n) is 6.58. The van der Waals surface area contributed by atoms with E-state index in [-0.39, 0.29) is 6.61 Å². The number of likely N-dealkylation sites (tertiary alicyclic amines) is 1. The first-order chi connectivity index (χ1) is 12.1. The van der Waals surface area contributed by atoms with Gasteiger partial charge in [0.05, 0.1) is 0 Å². The number of ether oxygens (including phenoxy) is 1. The zero-order valence-electron chi connectivity index (χ0n) is 15.3. The Bertz CT molecular complexity index is 571. The van der Waals surface area contributed by atoms with Crippen LogP contribution in [0.15, 0.2) is 29.3 Å². The van der Waals surface area contributed by atoms with Gasteiger partial charge in [-0.15, -0.1) is 0 Å². The normalized spacial score (nSPS) is 18.1. The van der Waals surface area contributed by atoms with Crippen LogP contribution in [0.25, 0.3) is 0 Å². The number of hydrogen-bond donors (Lipinski definition) is 2. The second kappa shape index (κ2) is 9.91. The molecule has 1 amide bonds. The molecule has 1 aromatic rings. The molecule has 1 fully saturated rings. The number of carbonyl (C=O) groups is 1. The molecule has 0 aromatic heterocycles. The van der Waals surface area contributed by atoms with E-state index >= 15 is 0 Å². The van der Waals surface area contributed by atoms with Gasteiger partial charge in [-0.3, -0.25) is 9.79 Å². The highest BCUT2D eigenvalue weighted by Gasteiger charge is 2.18. The molecule has 1 aromatic carbocycles. The number of nitrogens with one attached hydrogen (secondary N) is 1. The van der Waals surface area contributed by atoms with E-state index in [0.717, 1.165) is 44.5 Å². The lowest BCUT2D eigenvalue weighted by atomic mass is 10.0. The first-order valence-electron chi connectivity index (χ1n) is 9.11. The van der Waals surface area contributed by atoms with E-state index in [4.69, 9.17) is 15.5 Å². The molecule has 0 spiro atoms. The maximum atomic E-state index is 10.7. The first kappa shape index (κ1) is 19.1. The van der Waals surface area contributed by atoms with Gasteiger partial charge in [0.2, 0.25) is 0 Å². The number of carbonyl (C=O) groups excluding carboxylic acids is 1. The molecule has 2 rings (SSSR count). The van der Waals surface area contributed by atoms with Gasteiger partial charge >= 0.3 is 0 Å². The summed E-state index contributed by atoms with van der Waals surface area (Å²) in [4.78, 5) is 17.9. The third-order valence-corrected chi connectivity index (χ3v) is 4.26. The second-order valence-corrected chi connectivity index (χ2v) is 6.58. The molecule has 3 N–H and O–H groups in total. The summed E-state index contributed by atoms with van der Waals surface area (Å²) < 4.78 is 5.27. The van der Waals surface area contributed by atoms with Gasteiger partial charge in [-0.05, 0) is 49.8 Å². The lowest BCUT2D eigenvalue weighted by molar-refractivity contribution is -0.119. The van der Waals surface area contributed by atoms with Crippen molar-refractivity contribution in [1.82, 2.24) is 10.2 Å². The van der Waals surface area contributed by atoms with Crippen LogP contribution >= 0.6 is 0 Å². The Morgan fingerprint density at radius 2 is 2.16 bits per heavy atom. The third kappa shape index (κ3) is 6.64. The van der Waals surface area contributed by atoms with Crippen molar-refractivity contribution in [3.8, 4) is 5.75 Å². The number of rotatable bonds is 7. The number of benzene rings is 1. The fourth-order valence-electron chi connectivity index (χ4n) is 3.01. The van der Waals surface area contributed by atoms with Crippen LogP contribution in [0.3, 0.4) is 0 Å². The molecule has 0 bridgehead atoms. The minimum absolute atomic E-state index is 0.0933. The molecule has 25 heavy (non-hydrogen) atoms. The average molecular weight is 346 g/mol. The molecule has 1 atom stereocenters. The third-order valence-electron chi connectivity index (χ3n) is 4.26. The molecule has 1 aliphatic rings. The Morgan fingerprint density at radius 3 is 2.80 bits per heavy atom. The van der Waals surface area contributed by atoms with Crippen molar-refractivity contribution in [2.45, 2.75) is 33.1 Å². The fraction of sp³-hybridized carbons (Fsp3) is 0.579. The van der Waals surface area contributed by atoms with Crippen LogP contribution in [0, 0.1) is 5.92 Å². The van der Waals surface area contributed by atoms with Crippen molar-refractivity contribution in [1.29, 1.82) is 0 Å². The number of nitrogens with two attached hydrogens (primary N) is 1. The molecular formula is C19H30N4O2. The quantitative estimate of drug-likeness (QED) is 0.583. The number of hydrogen-bond acceptors (Lipinski definition) is 3. The van der Waals surface area contributed by atoms with Gasteiger partial charge in [0, 0.05) is 26.2 Å². The van der Waals surface area contributed by atoms with E-state index in [1.165, 1.54) is 18.4 Å². The van der Waals surface area contributed by atoms with Gasteiger partial charge in [0.25, 0.3) is 5.91 Å². The van der Waals surface area contributed by atoms with Crippen LogP contribution in [-0.2, 0) is 11.2 Å². The Balaban J connectivity index is 1.87. The highest BCUT2D eigenvalue weighted by atomic mass is 16.5. The van der Waals surface area contributed by atoms with Crippen LogP contribution in [0.1, 0.15) is 32.3 Å². The summed E-state index contributed by atoms with van der Waals surface area (Å²) in [6, 6.07) is 7.72. The number of amides is 1. The van der Waals surface area contributed by atoms with Crippen molar-refractivity contribution >= 4 is 11.9 Å². The van der Waals surface area contributed by atoms with Crippen LogP contribution in [0.4, 0.5) is 0 Å². The molecule has 0 radical (unpaired) electrons. The predicted octanol–water partition coefficient (Wildman–Crippen LogP) is 1.79. The molecule has 6 nitrogen and oxygen atoms in total. The number of nitrogens with zero attached hydrogens (tertiary/aromatic N) is 2. The smallest absolute Gasteiger partial charge is 0.255 e. The minimum atomic E-state index is -0.471. The molecular weight excluding hydrogens is 316 g/mol. The summed E-state index contributed by atoms with van der Waals surface area (Å²) in [5.74, 6) is 1.93. The molecule has 1 aliphatic heterocycles. The van der Waals surface area contributed by atoms with Crippen molar-refractivity contribution in [2.75, 3.05) is 32.8 Å². The molecule has 1 saturated heterocycles. The van der Waals surface area contributed by atoms with E-state index < -0.39 is 5.91 Å². The summed E-state index contributed by atoms with van der Waals surface area (Å²) in [5, 5.41) is 3.41. The van der Waals surface area contributed by atoms with Gasteiger partial charge in [0.15, 0.2) is 12.6 Å². The van der Waals surface area contributed by atoms with Gasteiger partial charge in [-0.25, -0.2) is 0 Å². The number of piperidine rings is 1. The van der Waals surface area contributed by atoms with Crippen LogP contribution in [0.2, 0.25) is 0 Å². The maximum absolute atomic E-state index is 10.7. The Morgan fingerprint density at radius 1 is 1.40 bits per heavy atom. The highest BCUT2D eigenvalue weighted by Crippen LogP contribution is 2.16. The minimum Gasteiger partial charge on any atom is -0.484 e. The van der Waals surface area contributed by atoms with E-state index in [1.54, 1.807) is 0 Å². The summed E-state index contributed by atoms with van der Waals surface area (Å²) in [6.45, 7) is 8.11. The number of primary amides is 1. The Hall–Kier alpha value is -2.24. The van der Waals surface area contributed by atoms with Gasteiger partial charge in [-0.1, -0.05) is 19.1 Å². The molecule has 138 valence electrons. The van der Waals surface area contributed by atoms with E-state index in [2.05, 4.69) is 24.1 Å². The number of guanidine groups is 1. The maximum Gasteiger partial charge on any atom is 0.255 e. The van der Waals surface area contributed by atoms with Crippen LogP contribution in [-0.4, -0.2) is 49.6 Å². The molecule has 1 heterocycles. The van der Waals surface area contributed by atoms with E-state index in [0.29, 0.717) is 5.75 Å². The highest BCUT2D eigenvalue weighted by molar-refractivity contribution is 5.80. The SMILES string of the molecule is CCNC(=NCCc1ccc(OCC(N)=O)cc1)N1CCCC(C)C1. The lowest BCUT2D eigenvalue weighted by Crippen LogP contribution is -2.46. The summed E-state index contributed by atoms with van der Waals surface area (Å²) in [6.07, 6.45) is 3.41. The van der Waals surface area contributed by atoms with Crippen molar-refractivity contribution < 1.29 is 9.53 Å². The van der Waals surface area contributed by atoms with Gasteiger partial charge in [0.1, 0.15) is 5.75 Å². The standard InChI is InChI=1S/C19H30N4O2/c1-3-21-19(23-12-4-5-15(2)13-23)22-11-10-16-6-8-17(9-7-16)25-14-18(20)24/h6-9,15H,3-5,10-14H2,1-2H3,(H2,20,24)(H,21,22). The monoisotopic (exact) mass is 346 g/mol. The topological polar surface area (TPSA) is 80.0 Å². The van der Waals surface area contributed by atoms with Crippen molar-refractivity contribution in [3.63, 3.8) is 0 Å². The van der Waals surface area contributed by atoms with Gasteiger partial charge < -0.3 is 20.7 Å². The Labute approximate surface area is 150 Å². The number of aliphatic imine (C=N–C) groups is 1. The molecule has 0 aliphatic carbocycles. The predicted molar refractivity (Wildman–Crippen MR) is 101 cm³/mol. The lowest BCUT2D eigenvalue weighted by Gasteiger charge is -2.33. The fourth-order valence-corrected chi connectivity index (χ4v) is 3.01. The summed E-state index contributed by atoms with van der Waals surface area (Å²) >= 11 is 0. The summed E-state index contributed by atoms with van der Waals surface area (Å²) in [7, 11) is 0. The van der Waals surface area contributed by atoms with Crippen LogP contribution in [0.5, 0.6) is 5.75 Å². The molecule has 1 unspecified atom stereocenters. The van der Waals surface area contributed by atoms with Gasteiger partial charge in [-0.2, -0.15) is 0 Å². The molecule has 0 saturated carbocycles. The average Bonchev–Trinajstić information content (AvgIpc) is 2.60. The first-order valence-corrected chi connectivity index (χ1v) is 9.11.